The summed E-state index contributed by atoms with van der Waals surface area (Å²) in [6, 6.07) is 0.701. The lowest BCUT2D eigenvalue weighted by atomic mass is 10.1. The van der Waals surface area contributed by atoms with Gasteiger partial charge in [0.25, 0.3) is 0 Å². The van der Waals surface area contributed by atoms with Crippen LogP contribution in [0.3, 0.4) is 0 Å². The minimum atomic E-state index is 0.701. The van der Waals surface area contributed by atoms with Gasteiger partial charge in [-0.1, -0.05) is 6.92 Å². The second kappa shape index (κ2) is 4.13. The molecule has 0 bridgehead atoms. The zero-order valence-electron chi connectivity index (χ0n) is 9.03. The fraction of sp³-hybridized carbons (Fsp3) is 0.727. The van der Waals surface area contributed by atoms with Gasteiger partial charge in [0.1, 0.15) is 5.82 Å². The molecule has 0 spiro atoms. The van der Waals surface area contributed by atoms with Crippen molar-refractivity contribution in [1.82, 2.24) is 14.9 Å². The number of nitrogens with zero attached hydrogens (tertiary/aromatic N) is 2. The molecule has 0 aliphatic heterocycles. The lowest BCUT2D eigenvalue weighted by molar-refractivity contribution is 0.439. The Balaban J connectivity index is 1.83. The van der Waals surface area contributed by atoms with Crippen LogP contribution in [0.2, 0.25) is 0 Å². The maximum absolute atomic E-state index is 4.30. The highest BCUT2D eigenvalue weighted by molar-refractivity contribution is 4.93. The van der Waals surface area contributed by atoms with E-state index >= 15 is 0 Å². The molecule has 1 heterocycles. The standard InChI is InChI=1S/C11H19N3/c1-3-10(9-4-5-9)13-8-11-12-6-7-14(11)2/h6-7,9-10,13H,3-5,8H2,1-2H3. The van der Waals surface area contributed by atoms with Crippen molar-refractivity contribution < 1.29 is 0 Å². The Morgan fingerprint density at radius 3 is 2.93 bits per heavy atom. The van der Waals surface area contributed by atoms with Gasteiger partial charge in [0, 0.05) is 25.5 Å². The minimum Gasteiger partial charge on any atom is -0.337 e. The second-order valence-corrected chi connectivity index (χ2v) is 4.19. The summed E-state index contributed by atoms with van der Waals surface area (Å²) >= 11 is 0. The Morgan fingerprint density at radius 1 is 1.64 bits per heavy atom. The van der Waals surface area contributed by atoms with E-state index in [1.807, 2.05) is 19.4 Å². The van der Waals surface area contributed by atoms with Crippen LogP contribution in [-0.4, -0.2) is 15.6 Å². The highest BCUT2D eigenvalue weighted by Gasteiger charge is 2.29. The van der Waals surface area contributed by atoms with Crippen LogP contribution in [0.15, 0.2) is 12.4 Å². The SMILES string of the molecule is CCC(NCc1nccn1C)C1CC1. The lowest BCUT2D eigenvalue weighted by Crippen LogP contribution is -2.30. The third kappa shape index (κ3) is 2.15. The zero-order valence-corrected chi connectivity index (χ0v) is 9.03. The lowest BCUT2D eigenvalue weighted by Gasteiger charge is -2.15. The number of aromatic nitrogens is 2. The predicted octanol–water partition coefficient (Wildman–Crippen LogP) is 1.70. The van der Waals surface area contributed by atoms with E-state index in [0.717, 1.165) is 18.3 Å². The number of aryl methyl sites for hydroxylation is 1. The van der Waals surface area contributed by atoms with Crippen molar-refractivity contribution in [2.45, 2.75) is 38.8 Å². The third-order valence-electron chi connectivity index (χ3n) is 3.07. The van der Waals surface area contributed by atoms with Crippen molar-refractivity contribution in [3.8, 4) is 0 Å². The smallest absolute Gasteiger partial charge is 0.122 e. The van der Waals surface area contributed by atoms with Gasteiger partial charge in [0.15, 0.2) is 0 Å². The first-order valence-electron chi connectivity index (χ1n) is 5.51. The van der Waals surface area contributed by atoms with Crippen LogP contribution < -0.4 is 5.32 Å². The molecule has 1 N–H and O–H groups in total. The van der Waals surface area contributed by atoms with Crippen molar-refractivity contribution in [2.75, 3.05) is 0 Å². The summed E-state index contributed by atoms with van der Waals surface area (Å²) in [6.45, 7) is 3.16. The summed E-state index contributed by atoms with van der Waals surface area (Å²) < 4.78 is 2.08. The average Bonchev–Trinajstić information content (AvgIpc) is 2.93. The van der Waals surface area contributed by atoms with Crippen LogP contribution in [-0.2, 0) is 13.6 Å². The summed E-state index contributed by atoms with van der Waals surface area (Å²) in [4.78, 5) is 4.30. The van der Waals surface area contributed by atoms with E-state index in [2.05, 4.69) is 21.8 Å². The van der Waals surface area contributed by atoms with Crippen LogP contribution >= 0.6 is 0 Å². The molecule has 0 radical (unpaired) electrons. The van der Waals surface area contributed by atoms with E-state index < -0.39 is 0 Å². The Morgan fingerprint density at radius 2 is 2.43 bits per heavy atom. The van der Waals surface area contributed by atoms with E-state index in [1.54, 1.807) is 0 Å². The molecule has 3 heteroatoms. The number of hydrogen-bond donors (Lipinski definition) is 1. The molecule has 1 saturated carbocycles. The van der Waals surface area contributed by atoms with Gasteiger partial charge in [-0.2, -0.15) is 0 Å². The van der Waals surface area contributed by atoms with Gasteiger partial charge in [0.05, 0.1) is 6.54 Å². The van der Waals surface area contributed by atoms with Crippen molar-refractivity contribution in [2.24, 2.45) is 13.0 Å². The summed E-state index contributed by atoms with van der Waals surface area (Å²) in [5, 5.41) is 3.59. The van der Waals surface area contributed by atoms with Crippen LogP contribution in [0, 0.1) is 5.92 Å². The van der Waals surface area contributed by atoms with Gasteiger partial charge in [-0.25, -0.2) is 4.98 Å². The number of imidazole rings is 1. The van der Waals surface area contributed by atoms with E-state index in [9.17, 15) is 0 Å². The molecule has 1 aromatic heterocycles. The van der Waals surface area contributed by atoms with E-state index in [-0.39, 0.29) is 0 Å². The van der Waals surface area contributed by atoms with Gasteiger partial charge < -0.3 is 9.88 Å². The topological polar surface area (TPSA) is 29.9 Å². The molecule has 1 aliphatic rings. The number of rotatable bonds is 5. The van der Waals surface area contributed by atoms with Gasteiger partial charge in [-0.3, -0.25) is 0 Å². The first kappa shape index (κ1) is 9.71. The van der Waals surface area contributed by atoms with Gasteiger partial charge in [-0.05, 0) is 25.2 Å². The minimum absolute atomic E-state index is 0.701. The fourth-order valence-electron chi connectivity index (χ4n) is 1.93. The van der Waals surface area contributed by atoms with Crippen LogP contribution in [0.1, 0.15) is 32.0 Å². The predicted molar refractivity (Wildman–Crippen MR) is 56.9 cm³/mol. The van der Waals surface area contributed by atoms with Gasteiger partial charge in [-0.15, -0.1) is 0 Å². The van der Waals surface area contributed by atoms with Crippen LogP contribution in [0.4, 0.5) is 0 Å². The van der Waals surface area contributed by atoms with Crippen LogP contribution in [0.25, 0.3) is 0 Å². The summed E-state index contributed by atoms with van der Waals surface area (Å²) in [6.07, 6.45) is 7.90. The summed E-state index contributed by atoms with van der Waals surface area (Å²) in [5.74, 6) is 2.06. The molecule has 1 atom stereocenters. The Bertz CT molecular complexity index is 288. The number of nitrogens with one attached hydrogen (secondary N) is 1. The van der Waals surface area contributed by atoms with Crippen molar-refractivity contribution in [3.63, 3.8) is 0 Å². The molecular formula is C11H19N3. The maximum Gasteiger partial charge on any atom is 0.122 e. The highest BCUT2D eigenvalue weighted by atomic mass is 15.1. The molecule has 0 saturated heterocycles. The van der Waals surface area contributed by atoms with Gasteiger partial charge >= 0.3 is 0 Å². The molecule has 1 aromatic rings. The molecule has 1 fully saturated rings. The molecule has 78 valence electrons. The monoisotopic (exact) mass is 193 g/mol. The molecule has 0 amide bonds. The van der Waals surface area contributed by atoms with E-state index in [0.29, 0.717) is 6.04 Å². The van der Waals surface area contributed by atoms with Crippen molar-refractivity contribution >= 4 is 0 Å². The molecule has 14 heavy (non-hydrogen) atoms. The van der Waals surface area contributed by atoms with Gasteiger partial charge in [0.2, 0.25) is 0 Å². The highest BCUT2D eigenvalue weighted by Crippen LogP contribution is 2.33. The normalized spacial score (nSPS) is 18.4. The number of hydrogen-bond acceptors (Lipinski definition) is 2. The molecular weight excluding hydrogens is 174 g/mol. The molecule has 3 nitrogen and oxygen atoms in total. The first-order valence-corrected chi connectivity index (χ1v) is 5.51. The summed E-state index contributed by atoms with van der Waals surface area (Å²) in [7, 11) is 2.04. The second-order valence-electron chi connectivity index (χ2n) is 4.19. The molecule has 0 aromatic carbocycles. The maximum atomic E-state index is 4.30. The fourth-order valence-corrected chi connectivity index (χ4v) is 1.93. The Kier molecular flexibility index (Phi) is 2.87. The zero-order chi connectivity index (χ0) is 9.97. The van der Waals surface area contributed by atoms with Crippen molar-refractivity contribution in [3.05, 3.63) is 18.2 Å². The molecule has 2 rings (SSSR count). The summed E-state index contributed by atoms with van der Waals surface area (Å²) in [5.41, 5.74) is 0. The molecule has 1 aliphatic carbocycles. The van der Waals surface area contributed by atoms with Crippen LogP contribution in [0.5, 0.6) is 0 Å². The Hall–Kier alpha value is -0.830. The van der Waals surface area contributed by atoms with E-state index in [4.69, 9.17) is 0 Å². The Labute approximate surface area is 85.5 Å². The molecule has 1 unspecified atom stereocenters. The first-order chi connectivity index (χ1) is 6.81. The average molecular weight is 193 g/mol. The van der Waals surface area contributed by atoms with E-state index in [1.165, 1.54) is 19.3 Å². The van der Waals surface area contributed by atoms with Crippen molar-refractivity contribution in [1.29, 1.82) is 0 Å². The third-order valence-corrected chi connectivity index (χ3v) is 3.07. The quantitative estimate of drug-likeness (QED) is 0.771. The largest absolute Gasteiger partial charge is 0.337 e.